The molecule has 0 amide bonds. The highest BCUT2D eigenvalue weighted by Crippen LogP contribution is 2.42. The van der Waals surface area contributed by atoms with Gasteiger partial charge in [-0.15, -0.1) is 0 Å². The molecule has 2 aliphatic rings. The lowest BCUT2D eigenvalue weighted by atomic mass is 9.74. The summed E-state index contributed by atoms with van der Waals surface area (Å²) in [4.78, 5) is 2.75. The minimum Gasteiger partial charge on any atom is -0.328 e. The van der Waals surface area contributed by atoms with Gasteiger partial charge in [0.15, 0.2) is 0 Å². The fourth-order valence-electron chi connectivity index (χ4n) is 4.65. The highest BCUT2D eigenvalue weighted by Gasteiger charge is 2.43. The van der Waals surface area contributed by atoms with Crippen LogP contribution in [0, 0.1) is 0 Å². The van der Waals surface area contributed by atoms with E-state index >= 15 is 0 Å². The van der Waals surface area contributed by atoms with E-state index in [-0.39, 0.29) is 5.54 Å². The molecule has 1 aromatic rings. The molecule has 1 aromatic carbocycles. The molecule has 1 fully saturated rings. The summed E-state index contributed by atoms with van der Waals surface area (Å²) < 4.78 is 0. The lowest BCUT2D eigenvalue weighted by molar-refractivity contribution is 0.0375. The molecule has 0 spiro atoms. The molecule has 1 saturated carbocycles. The first-order valence-corrected chi connectivity index (χ1v) is 8.37. The number of hydrogen-bond acceptors (Lipinski definition) is 2. The molecular formula is C18H28N2. The zero-order valence-corrected chi connectivity index (χ0v) is 12.8. The lowest BCUT2D eigenvalue weighted by Crippen LogP contribution is -2.56. The Balaban J connectivity index is 2.02. The van der Waals surface area contributed by atoms with Gasteiger partial charge in [0.25, 0.3) is 0 Å². The summed E-state index contributed by atoms with van der Waals surface area (Å²) in [5.41, 5.74) is 9.50. The number of hydrogen-bond donors (Lipinski definition) is 1. The van der Waals surface area contributed by atoms with Gasteiger partial charge in [0, 0.05) is 12.6 Å². The van der Waals surface area contributed by atoms with Crippen LogP contribution in [0.1, 0.15) is 56.6 Å². The molecule has 20 heavy (non-hydrogen) atoms. The molecule has 0 saturated heterocycles. The standard InChI is InChI=1S/C18H28N2/c1-2-20(16-10-4-5-11-16)18(14-19)13-7-9-15-8-3-6-12-17(15)18/h3,6,8,12,16H,2,4-5,7,9-11,13-14,19H2,1H3. The molecule has 0 radical (unpaired) electrons. The van der Waals surface area contributed by atoms with Crippen molar-refractivity contribution in [2.75, 3.05) is 13.1 Å². The average Bonchev–Trinajstić information content (AvgIpc) is 3.02. The molecule has 1 unspecified atom stereocenters. The minimum absolute atomic E-state index is 0.0958. The number of aryl methyl sites for hydroxylation is 1. The van der Waals surface area contributed by atoms with E-state index in [2.05, 4.69) is 36.1 Å². The lowest BCUT2D eigenvalue weighted by Gasteiger charge is -2.49. The summed E-state index contributed by atoms with van der Waals surface area (Å²) in [6.45, 7) is 4.19. The molecular weight excluding hydrogens is 244 g/mol. The number of rotatable bonds is 4. The number of fused-ring (bicyclic) bond motifs is 1. The summed E-state index contributed by atoms with van der Waals surface area (Å²) in [5.74, 6) is 0. The van der Waals surface area contributed by atoms with Gasteiger partial charge >= 0.3 is 0 Å². The Hall–Kier alpha value is -0.860. The number of nitrogens with zero attached hydrogens (tertiary/aromatic N) is 1. The summed E-state index contributed by atoms with van der Waals surface area (Å²) in [6, 6.07) is 9.75. The van der Waals surface area contributed by atoms with Gasteiger partial charge in [-0.05, 0) is 49.8 Å². The molecule has 2 heteroatoms. The molecule has 3 rings (SSSR count). The number of likely N-dealkylation sites (N-methyl/N-ethyl adjacent to an activating group) is 1. The SMILES string of the molecule is CCN(C1CCCC1)C1(CN)CCCc2ccccc21. The van der Waals surface area contributed by atoms with Crippen molar-refractivity contribution in [1.29, 1.82) is 0 Å². The van der Waals surface area contributed by atoms with Crippen molar-refractivity contribution in [2.24, 2.45) is 5.73 Å². The summed E-state index contributed by atoms with van der Waals surface area (Å²) in [5, 5.41) is 0. The van der Waals surface area contributed by atoms with E-state index in [1.165, 1.54) is 56.1 Å². The van der Waals surface area contributed by atoms with Crippen LogP contribution in [0.5, 0.6) is 0 Å². The third-order valence-electron chi connectivity index (χ3n) is 5.55. The van der Waals surface area contributed by atoms with E-state index in [0.29, 0.717) is 0 Å². The smallest absolute Gasteiger partial charge is 0.0588 e. The zero-order chi connectivity index (χ0) is 14.0. The van der Waals surface area contributed by atoms with Crippen LogP contribution >= 0.6 is 0 Å². The molecule has 1 atom stereocenters. The van der Waals surface area contributed by atoms with Crippen LogP contribution in [0.25, 0.3) is 0 Å². The largest absolute Gasteiger partial charge is 0.328 e. The summed E-state index contributed by atoms with van der Waals surface area (Å²) >= 11 is 0. The molecule has 0 heterocycles. The Kier molecular flexibility index (Phi) is 4.13. The van der Waals surface area contributed by atoms with Crippen LogP contribution in [0.15, 0.2) is 24.3 Å². The van der Waals surface area contributed by atoms with Gasteiger partial charge in [-0.25, -0.2) is 0 Å². The Morgan fingerprint density at radius 1 is 1.20 bits per heavy atom. The molecule has 2 nitrogen and oxygen atoms in total. The van der Waals surface area contributed by atoms with E-state index in [4.69, 9.17) is 5.73 Å². The Morgan fingerprint density at radius 3 is 2.65 bits per heavy atom. The van der Waals surface area contributed by atoms with Gasteiger partial charge in [0.05, 0.1) is 5.54 Å². The second-order valence-electron chi connectivity index (χ2n) is 6.47. The van der Waals surface area contributed by atoms with Crippen LogP contribution in [0.4, 0.5) is 0 Å². The van der Waals surface area contributed by atoms with Crippen molar-refractivity contribution in [3.63, 3.8) is 0 Å². The third-order valence-corrected chi connectivity index (χ3v) is 5.55. The average molecular weight is 272 g/mol. The summed E-state index contributed by atoms with van der Waals surface area (Å²) in [7, 11) is 0. The molecule has 110 valence electrons. The van der Waals surface area contributed by atoms with E-state index in [1.807, 2.05) is 0 Å². The van der Waals surface area contributed by atoms with Crippen LogP contribution in [0.2, 0.25) is 0 Å². The first-order valence-electron chi connectivity index (χ1n) is 8.37. The van der Waals surface area contributed by atoms with Crippen LogP contribution in [0.3, 0.4) is 0 Å². The highest BCUT2D eigenvalue weighted by atomic mass is 15.2. The third kappa shape index (κ3) is 2.19. The second-order valence-corrected chi connectivity index (χ2v) is 6.47. The summed E-state index contributed by atoms with van der Waals surface area (Å²) in [6.07, 6.45) is 9.23. The van der Waals surface area contributed by atoms with E-state index in [0.717, 1.165) is 19.1 Å². The van der Waals surface area contributed by atoms with Crippen LogP contribution in [-0.2, 0) is 12.0 Å². The van der Waals surface area contributed by atoms with Gasteiger partial charge in [-0.1, -0.05) is 44.0 Å². The van der Waals surface area contributed by atoms with E-state index < -0.39 is 0 Å². The van der Waals surface area contributed by atoms with E-state index in [1.54, 1.807) is 0 Å². The van der Waals surface area contributed by atoms with Crippen molar-refractivity contribution in [2.45, 2.75) is 63.5 Å². The normalized spacial score (nSPS) is 26.9. The maximum Gasteiger partial charge on any atom is 0.0588 e. The minimum atomic E-state index is 0.0958. The molecule has 2 N–H and O–H groups in total. The second kappa shape index (κ2) is 5.87. The van der Waals surface area contributed by atoms with Crippen molar-refractivity contribution in [3.8, 4) is 0 Å². The molecule has 0 aliphatic heterocycles. The Morgan fingerprint density at radius 2 is 1.95 bits per heavy atom. The quantitative estimate of drug-likeness (QED) is 0.909. The monoisotopic (exact) mass is 272 g/mol. The van der Waals surface area contributed by atoms with Crippen LogP contribution in [-0.4, -0.2) is 24.0 Å². The predicted molar refractivity (Wildman–Crippen MR) is 84.7 cm³/mol. The zero-order valence-electron chi connectivity index (χ0n) is 12.8. The van der Waals surface area contributed by atoms with Crippen LogP contribution < -0.4 is 5.73 Å². The van der Waals surface area contributed by atoms with Gasteiger partial charge < -0.3 is 5.73 Å². The van der Waals surface area contributed by atoms with Crippen molar-refractivity contribution in [1.82, 2.24) is 4.90 Å². The predicted octanol–water partition coefficient (Wildman–Crippen LogP) is 3.44. The van der Waals surface area contributed by atoms with Gasteiger partial charge in [0.1, 0.15) is 0 Å². The fourth-order valence-corrected chi connectivity index (χ4v) is 4.65. The van der Waals surface area contributed by atoms with Crippen molar-refractivity contribution in [3.05, 3.63) is 35.4 Å². The maximum absolute atomic E-state index is 6.36. The Bertz CT molecular complexity index is 450. The first-order chi connectivity index (χ1) is 9.81. The number of nitrogens with two attached hydrogens (primary N) is 1. The Labute approximate surface area is 123 Å². The van der Waals surface area contributed by atoms with Gasteiger partial charge in [0.2, 0.25) is 0 Å². The van der Waals surface area contributed by atoms with Crippen molar-refractivity contribution >= 4 is 0 Å². The van der Waals surface area contributed by atoms with Crippen molar-refractivity contribution < 1.29 is 0 Å². The molecule has 0 aromatic heterocycles. The number of benzene rings is 1. The maximum atomic E-state index is 6.36. The molecule has 0 bridgehead atoms. The first kappa shape index (κ1) is 14.1. The fraction of sp³-hybridized carbons (Fsp3) is 0.667. The van der Waals surface area contributed by atoms with Gasteiger partial charge in [-0.3, -0.25) is 4.90 Å². The van der Waals surface area contributed by atoms with Gasteiger partial charge in [-0.2, -0.15) is 0 Å². The van der Waals surface area contributed by atoms with E-state index in [9.17, 15) is 0 Å². The topological polar surface area (TPSA) is 29.3 Å². The molecule has 2 aliphatic carbocycles. The highest BCUT2D eigenvalue weighted by molar-refractivity contribution is 5.37.